The molecule has 0 bridgehead atoms. The van der Waals surface area contributed by atoms with E-state index in [0.717, 1.165) is 66.8 Å². The summed E-state index contributed by atoms with van der Waals surface area (Å²) >= 11 is 0. The maximum Gasteiger partial charge on any atom is 0.225 e. The minimum atomic E-state index is -0.504. The van der Waals surface area contributed by atoms with Crippen LogP contribution in [0.3, 0.4) is 0 Å². The van der Waals surface area contributed by atoms with E-state index in [9.17, 15) is 9.59 Å². The molecule has 2 N–H and O–H groups in total. The van der Waals surface area contributed by atoms with Gasteiger partial charge in [0.15, 0.2) is 12.5 Å². The van der Waals surface area contributed by atoms with E-state index in [4.69, 9.17) is 0 Å². The number of amides is 1. The summed E-state index contributed by atoms with van der Waals surface area (Å²) in [7, 11) is 0. The Morgan fingerprint density at radius 3 is 2.59 bits per heavy atom. The Kier molecular flexibility index (Phi) is 4.48. The summed E-state index contributed by atoms with van der Waals surface area (Å²) < 4.78 is 0. The molecule has 0 radical (unpaired) electrons. The predicted octanol–water partition coefficient (Wildman–Crippen LogP) is 3.34. The van der Waals surface area contributed by atoms with Crippen molar-refractivity contribution in [1.82, 2.24) is 15.3 Å². The number of H-pyrrole nitrogens is 1. The molecule has 2 aromatic carbocycles. The minimum Gasteiger partial charge on any atom is -0.361 e. The molecule has 162 valence electrons. The molecular formula is C25H25N5O2. The SMILES string of the molecule is O=CC1NN=C(CC2CN(C(=O)C3CC3)C2)N1c1ccc(-c2ccc3cc[nH]c3c2)cc1. The van der Waals surface area contributed by atoms with E-state index in [0.29, 0.717) is 11.8 Å². The maximum absolute atomic E-state index is 12.2. The van der Waals surface area contributed by atoms with E-state index in [1.54, 1.807) is 0 Å². The number of likely N-dealkylation sites (tertiary alicyclic amines) is 1. The van der Waals surface area contributed by atoms with Crippen LogP contribution in [0.15, 0.2) is 59.8 Å². The van der Waals surface area contributed by atoms with Gasteiger partial charge in [0.05, 0.1) is 0 Å². The summed E-state index contributed by atoms with van der Waals surface area (Å²) in [5.74, 6) is 1.82. The second-order valence-electron chi connectivity index (χ2n) is 9.02. The monoisotopic (exact) mass is 427 g/mol. The number of carbonyl (C=O) groups excluding carboxylic acids is 2. The Bertz CT molecular complexity index is 1200. The number of hydrogen-bond acceptors (Lipinski definition) is 5. The summed E-state index contributed by atoms with van der Waals surface area (Å²) in [6, 6.07) is 16.7. The Morgan fingerprint density at radius 2 is 1.84 bits per heavy atom. The van der Waals surface area contributed by atoms with Gasteiger partial charge in [-0.05, 0) is 53.6 Å². The van der Waals surface area contributed by atoms with Gasteiger partial charge in [-0.15, -0.1) is 0 Å². The number of aromatic amines is 1. The van der Waals surface area contributed by atoms with E-state index in [-0.39, 0.29) is 5.92 Å². The van der Waals surface area contributed by atoms with E-state index in [2.05, 4.69) is 51.9 Å². The number of hydrogen-bond donors (Lipinski definition) is 2. The number of carbonyl (C=O) groups is 2. The van der Waals surface area contributed by atoms with Crippen molar-refractivity contribution < 1.29 is 9.59 Å². The Balaban J connectivity index is 1.17. The molecule has 3 aliphatic rings. The van der Waals surface area contributed by atoms with Gasteiger partial charge in [0.2, 0.25) is 5.91 Å². The van der Waals surface area contributed by atoms with Crippen molar-refractivity contribution in [3.8, 4) is 11.1 Å². The summed E-state index contributed by atoms with van der Waals surface area (Å²) in [5, 5.41) is 5.64. The number of nitrogens with one attached hydrogen (secondary N) is 2. The van der Waals surface area contributed by atoms with Crippen molar-refractivity contribution in [2.45, 2.75) is 25.4 Å². The van der Waals surface area contributed by atoms with Gasteiger partial charge < -0.3 is 9.88 Å². The third-order valence-electron chi connectivity index (χ3n) is 6.71. The fourth-order valence-corrected chi connectivity index (χ4v) is 4.73. The molecule has 7 heteroatoms. The quantitative estimate of drug-likeness (QED) is 0.592. The Hall–Kier alpha value is -3.61. The van der Waals surface area contributed by atoms with Gasteiger partial charge in [-0.3, -0.25) is 19.9 Å². The van der Waals surface area contributed by atoms with Gasteiger partial charge >= 0.3 is 0 Å². The molecular weight excluding hydrogens is 402 g/mol. The zero-order chi connectivity index (χ0) is 21.7. The second kappa shape index (κ2) is 7.51. The first kappa shape index (κ1) is 19.1. The van der Waals surface area contributed by atoms with Crippen LogP contribution in [0.25, 0.3) is 22.0 Å². The normalized spacial score (nSPS) is 20.8. The van der Waals surface area contributed by atoms with Gasteiger partial charge in [0.1, 0.15) is 5.84 Å². The Morgan fingerprint density at radius 1 is 1.06 bits per heavy atom. The molecule has 2 aliphatic heterocycles. The number of rotatable bonds is 6. The lowest BCUT2D eigenvalue weighted by molar-refractivity contribution is -0.138. The van der Waals surface area contributed by atoms with Gasteiger partial charge in [-0.2, -0.15) is 5.10 Å². The van der Waals surface area contributed by atoms with Crippen LogP contribution in [0.4, 0.5) is 5.69 Å². The molecule has 1 saturated carbocycles. The number of aromatic nitrogens is 1. The predicted molar refractivity (Wildman–Crippen MR) is 124 cm³/mol. The summed E-state index contributed by atoms with van der Waals surface area (Å²) in [4.78, 5) is 31.1. The molecule has 1 amide bonds. The highest BCUT2D eigenvalue weighted by Gasteiger charge is 2.40. The summed E-state index contributed by atoms with van der Waals surface area (Å²) in [6.07, 6.45) is 5.15. The number of aldehydes is 1. The van der Waals surface area contributed by atoms with E-state index in [1.165, 1.54) is 5.39 Å². The zero-order valence-electron chi connectivity index (χ0n) is 17.7. The van der Waals surface area contributed by atoms with Crippen LogP contribution in [-0.4, -0.2) is 47.2 Å². The molecule has 32 heavy (non-hydrogen) atoms. The molecule has 7 nitrogen and oxygen atoms in total. The topological polar surface area (TPSA) is 80.8 Å². The van der Waals surface area contributed by atoms with Crippen molar-refractivity contribution in [2.75, 3.05) is 18.0 Å². The van der Waals surface area contributed by atoms with Crippen molar-refractivity contribution in [3.05, 3.63) is 54.7 Å². The molecule has 0 spiro atoms. The molecule has 6 rings (SSSR count). The van der Waals surface area contributed by atoms with Gasteiger partial charge in [0, 0.05) is 48.7 Å². The molecule has 1 saturated heterocycles. The van der Waals surface area contributed by atoms with E-state index < -0.39 is 6.17 Å². The summed E-state index contributed by atoms with van der Waals surface area (Å²) in [5.41, 5.74) is 7.25. The van der Waals surface area contributed by atoms with Gasteiger partial charge in [0.25, 0.3) is 0 Å². The van der Waals surface area contributed by atoms with Gasteiger partial charge in [-0.25, -0.2) is 0 Å². The lowest BCUT2D eigenvalue weighted by Gasteiger charge is -2.40. The lowest BCUT2D eigenvalue weighted by atomic mass is 9.94. The molecule has 1 atom stereocenters. The van der Waals surface area contributed by atoms with Crippen molar-refractivity contribution in [2.24, 2.45) is 16.9 Å². The number of fused-ring (bicyclic) bond motifs is 1. The highest BCUT2D eigenvalue weighted by atomic mass is 16.2. The highest BCUT2D eigenvalue weighted by Crippen LogP contribution is 2.35. The molecule has 3 heterocycles. The average Bonchev–Trinajstić information content (AvgIpc) is 3.40. The third-order valence-corrected chi connectivity index (χ3v) is 6.71. The van der Waals surface area contributed by atoms with Crippen LogP contribution in [0, 0.1) is 11.8 Å². The highest BCUT2D eigenvalue weighted by molar-refractivity contribution is 6.03. The van der Waals surface area contributed by atoms with Crippen LogP contribution in [0.5, 0.6) is 0 Å². The molecule has 1 aliphatic carbocycles. The smallest absolute Gasteiger partial charge is 0.225 e. The van der Waals surface area contributed by atoms with Crippen molar-refractivity contribution >= 4 is 34.6 Å². The van der Waals surface area contributed by atoms with Crippen molar-refractivity contribution in [1.29, 1.82) is 0 Å². The number of amidine groups is 1. The largest absolute Gasteiger partial charge is 0.361 e. The molecule has 1 aromatic heterocycles. The van der Waals surface area contributed by atoms with Crippen LogP contribution in [-0.2, 0) is 9.59 Å². The van der Waals surface area contributed by atoms with Crippen LogP contribution < -0.4 is 10.3 Å². The van der Waals surface area contributed by atoms with Crippen molar-refractivity contribution in [3.63, 3.8) is 0 Å². The third kappa shape index (κ3) is 3.34. The number of benzene rings is 2. The molecule has 2 fully saturated rings. The molecule has 1 unspecified atom stereocenters. The fourth-order valence-electron chi connectivity index (χ4n) is 4.73. The van der Waals surface area contributed by atoms with E-state index in [1.807, 2.05) is 28.1 Å². The number of anilines is 1. The maximum atomic E-state index is 12.2. The summed E-state index contributed by atoms with van der Waals surface area (Å²) in [6.45, 7) is 1.57. The standard InChI is InChI=1S/C25H25N5O2/c31-15-24-28-27-23(11-16-13-29(14-16)25(32)19-2-3-19)30(24)21-7-5-17(6-8-21)20-4-1-18-9-10-26-22(18)12-20/h1,4-10,12,15-16,19,24,26,28H,2-3,11,13-14H2. The van der Waals surface area contributed by atoms with E-state index >= 15 is 0 Å². The first-order valence-electron chi connectivity index (χ1n) is 11.2. The van der Waals surface area contributed by atoms with Gasteiger partial charge in [-0.1, -0.05) is 24.3 Å². The van der Waals surface area contributed by atoms with Crippen LogP contribution in [0.2, 0.25) is 0 Å². The number of hydrazone groups is 1. The number of nitrogens with zero attached hydrogens (tertiary/aromatic N) is 3. The fraction of sp³-hybridized carbons (Fsp3) is 0.320. The molecule has 3 aromatic rings. The second-order valence-corrected chi connectivity index (χ2v) is 9.02. The minimum absolute atomic E-state index is 0.272. The zero-order valence-corrected chi connectivity index (χ0v) is 17.7. The lowest BCUT2D eigenvalue weighted by Crippen LogP contribution is -2.52. The first-order chi connectivity index (χ1) is 15.7. The van der Waals surface area contributed by atoms with Crippen LogP contribution >= 0.6 is 0 Å². The van der Waals surface area contributed by atoms with Crippen LogP contribution in [0.1, 0.15) is 19.3 Å². The average molecular weight is 428 g/mol. The Labute approximate surface area is 186 Å². The first-order valence-corrected chi connectivity index (χ1v) is 11.2.